The molecule has 3 amide bonds. The number of hydrogen-bond acceptors (Lipinski definition) is 4. The molecule has 1 aliphatic heterocycles. The van der Waals surface area contributed by atoms with Crippen LogP contribution < -0.4 is 5.32 Å². The second-order valence-electron chi connectivity index (χ2n) is 7.07. The van der Waals surface area contributed by atoms with Gasteiger partial charge in [-0.15, -0.1) is 0 Å². The Balaban J connectivity index is 1.71. The molecule has 1 saturated heterocycles. The van der Waals surface area contributed by atoms with Crippen LogP contribution in [-0.4, -0.2) is 33.1 Å². The summed E-state index contributed by atoms with van der Waals surface area (Å²) in [4.78, 5) is 38.6. The molecule has 2 aromatic rings. The van der Waals surface area contributed by atoms with Crippen molar-refractivity contribution in [3.8, 4) is 0 Å². The number of thioether (sulfide) groups is 1. The van der Waals surface area contributed by atoms with Gasteiger partial charge in [0.15, 0.2) is 0 Å². The van der Waals surface area contributed by atoms with Gasteiger partial charge in [0, 0.05) is 24.1 Å². The van der Waals surface area contributed by atoms with Crippen molar-refractivity contribution in [3.63, 3.8) is 0 Å². The number of anilines is 1. The van der Waals surface area contributed by atoms with Crippen molar-refractivity contribution in [2.75, 3.05) is 11.9 Å². The minimum absolute atomic E-state index is 0.303. The molecule has 7 heteroatoms. The molecule has 0 bridgehead atoms. The van der Waals surface area contributed by atoms with E-state index in [0.29, 0.717) is 16.6 Å². The minimum atomic E-state index is -0.441. The van der Waals surface area contributed by atoms with Gasteiger partial charge in [-0.1, -0.05) is 18.2 Å². The second-order valence-corrected chi connectivity index (χ2v) is 8.06. The van der Waals surface area contributed by atoms with Gasteiger partial charge in [0.25, 0.3) is 11.1 Å². The average Bonchev–Trinajstić information content (AvgIpc) is 3.19. The standard InChI is InChI=1S/C21H23N3O3S/c1-13(2)23-9-8-16(11-23)10-17-20(26)24(21(27)28-17)12-18(25)22-19-14(3)6-5-7-15(19)4/h5-11,13H,12H2,1-4H3,(H,22,25)/b17-10+. The van der Waals surface area contributed by atoms with Crippen molar-refractivity contribution in [3.05, 3.63) is 58.3 Å². The normalized spacial score (nSPS) is 15.8. The fourth-order valence-electron chi connectivity index (χ4n) is 2.96. The highest BCUT2D eigenvalue weighted by Gasteiger charge is 2.36. The number of hydrogen-bond donors (Lipinski definition) is 1. The molecule has 2 heterocycles. The lowest BCUT2D eigenvalue weighted by Gasteiger charge is -2.15. The van der Waals surface area contributed by atoms with Gasteiger partial charge in [-0.2, -0.15) is 0 Å². The zero-order valence-corrected chi connectivity index (χ0v) is 17.2. The predicted octanol–water partition coefficient (Wildman–Crippen LogP) is 4.36. The van der Waals surface area contributed by atoms with Crippen molar-refractivity contribution < 1.29 is 14.4 Å². The van der Waals surface area contributed by atoms with E-state index in [1.807, 2.05) is 55.1 Å². The molecule has 146 valence electrons. The number of rotatable bonds is 5. The van der Waals surface area contributed by atoms with Crippen molar-refractivity contribution in [1.29, 1.82) is 0 Å². The van der Waals surface area contributed by atoms with Gasteiger partial charge in [0.05, 0.1) is 4.91 Å². The summed E-state index contributed by atoms with van der Waals surface area (Å²) in [6, 6.07) is 7.91. The summed E-state index contributed by atoms with van der Waals surface area (Å²) in [6.45, 7) is 7.62. The SMILES string of the molecule is Cc1cccc(C)c1NC(=O)CN1C(=O)S/C(=C/c2ccn(C(C)C)c2)C1=O. The lowest BCUT2D eigenvalue weighted by atomic mass is 10.1. The third-order valence-corrected chi connectivity index (χ3v) is 5.46. The molecule has 6 nitrogen and oxygen atoms in total. The molecule has 0 aliphatic carbocycles. The van der Waals surface area contributed by atoms with Crippen LogP contribution in [0.4, 0.5) is 10.5 Å². The summed E-state index contributed by atoms with van der Waals surface area (Å²) in [6.07, 6.45) is 5.54. The van der Waals surface area contributed by atoms with E-state index in [2.05, 4.69) is 19.2 Å². The van der Waals surface area contributed by atoms with Gasteiger partial charge in [0.1, 0.15) is 6.54 Å². The van der Waals surface area contributed by atoms with E-state index in [4.69, 9.17) is 0 Å². The Bertz CT molecular complexity index is 955. The highest BCUT2D eigenvalue weighted by Crippen LogP contribution is 2.32. The highest BCUT2D eigenvalue weighted by molar-refractivity contribution is 8.18. The van der Waals surface area contributed by atoms with Crippen LogP contribution in [0.1, 0.15) is 36.6 Å². The van der Waals surface area contributed by atoms with Gasteiger partial charge in [0.2, 0.25) is 5.91 Å². The summed E-state index contributed by atoms with van der Waals surface area (Å²) in [5.74, 6) is -0.837. The second kappa shape index (κ2) is 8.06. The number of carbonyl (C=O) groups is 3. The smallest absolute Gasteiger partial charge is 0.294 e. The molecule has 1 aliphatic rings. The summed E-state index contributed by atoms with van der Waals surface area (Å²) in [5.41, 5.74) is 3.42. The summed E-state index contributed by atoms with van der Waals surface area (Å²) >= 11 is 0.858. The number of amides is 3. The summed E-state index contributed by atoms with van der Waals surface area (Å²) in [5, 5.41) is 2.38. The van der Waals surface area contributed by atoms with Crippen LogP contribution in [0.3, 0.4) is 0 Å². The zero-order valence-electron chi connectivity index (χ0n) is 16.4. The third-order valence-electron chi connectivity index (χ3n) is 4.55. The Kier molecular flexibility index (Phi) is 5.74. The molecule has 0 unspecified atom stereocenters. The maximum atomic E-state index is 12.6. The van der Waals surface area contributed by atoms with E-state index in [-0.39, 0.29) is 6.54 Å². The third kappa shape index (κ3) is 4.20. The number of aryl methyl sites for hydroxylation is 2. The van der Waals surface area contributed by atoms with Crippen LogP contribution in [0.5, 0.6) is 0 Å². The molecule has 0 atom stereocenters. The maximum absolute atomic E-state index is 12.6. The number of benzene rings is 1. The van der Waals surface area contributed by atoms with Gasteiger partial charge >= 0.3 is 0 Å². The van der Waals surface area contributed by atoms with Crippen molar-refractivity contribution in [2.24, 2.45) is 0 Å². The lowest BCUT2D eigenvalue weighted by Crippen LogP contribution is -2.36. The largest absolute Gasteiger partial charge is 0.351 e. The molecule has 1 fully saturated rings. The molecule has 28 heavy (non-hydrogen) atoms. The number of para-hydroxylation sites is 1. The van der Waals surface area contributed by atoms with Crippen LogP contribution in [-0.2, 0) is 9.59 Å². The number of nitrogens with one attached hydrogen (secondary N) is 1. The van der Waals surface area contributed by atoms with E-state index in [1.165, 1.54) is 0 Å². The predicted molar refractivity (Wildman–Crippen MR) is 112 cm³/mol. The van der Waals surface area contributed by atoms with Crippen LogP contribution in [0.15, 0.2) is 41.6 Å². The van der Waals surface area contributed by atoms with Crippen LogP contribution in [0, 0.1) is 13.8 Å². The van der Waals surface area contributed by atoms with E-state index >= 15 is 0 Å². The number of carbonyl (C=O) groups excluding carboxylic acids is 3. The summed E-state index contributed by atoms with van der Waals surface area (Å²) in [7, 11) is 0. The van der Waals surface area contributed by atoms with Gasteiger partial charge in [-0.3, -0.25) is 19.3 Å². The molecular weight excluding hydrogens is 374 g/mol. The quantitative estimate of drug-likeness (QED) is 0.761. The Morgan fingerprint density at radius 2 is 1.86 bits per heavy atom. The molecule has 1 aromatic heterocycles. The number of aromatic nitrogens is 1. The summed E-state index contributed by atoms with van der Waals surface area (Å²) < 4.78 is 2.02. The monoisotopic (exact) mass is 397 g/mol. The molecule has 0 saturated carbocycles. The minimum Gasteiger partial charge on any atom is -0.351 e. The Labute approximate surface area is 168 Å². The maximum Gasteiger partial charge on any atom is 0.294 e. The van der Waals surface area contributed by atoms with Gasteiger partial charge in [-0.25, -0.2) is 0 Å². The number of nitrogens with zero attached hydrogens (tertiary/aromatic N) is 2. The van der Waals surface area contributed by atoms with Crippen molar-refractivity contribution in [1.82, 2.24) is 9.47 Å². The van der Waals surface area contributed by atoms with Crippen LogP contribution in [0.25, 0.3) is 6.08 Å². The highest BCUT2D eigenvalue weighted by atomic mass is 32.2. The molecule has 3 rings (SSSR count). The first-order valence-corrected chi connectivity index (χ1v) is 9.87. The van der Waals surface area contributed by atoms with E-state index in [1.54, 1.807) is 6.08 Å². The molecule has 0 radical (unpaired) electrons. The number of imide groups is 1. The fourth-order valence-corrected chi connectivity index (χ4v) is 3.80. The Hall–Kier alpha value is -2.80. The first-order chi connectivity index (χ1) is 13.3. The molecule has 1 N–H and O–H groups in total. The Morgan fingerprint density at radius 1 is 1.18 bits per heavy atom. The van der Waals surface area contributed by atoms with E-state index in [9.17, 15) is 14.4 Å². The van der Waals surface area contributed by atoms with Crippen LogP contribution >= 0.6 is 11.8 Å². The first-order valence-electron chi connectivity index (χ1n) is 9.05. The Morgan fingerprint density at radius 3 is 2.46 bits per heavy atom. The molecule has 1 aromatic carbocycles. The molecule has 0 spiro atoms. The van der Waals surface area contributed by atoms with Crippen molar-refractivity contribution >= 4 is 40.6 Å². The first kappa shape index (κ1) is 19.9. The van der Waals surface area contributed by atoms with E-state index in [0.717, 1.165) is 33.4 Å². The van der Waals surface area contributed by atoms with Gasteiger partial charge < -0.3 is 9.88 Å². The van der Waals surface area contributed by atoms with Crippen LogP contribution in [0.2, 0.25) is 0 Å². The lowest BCUT2D eigenvalue weighted by molar-refractivity contribution is -0.127. The van der Waals surface area contributed by atoms with Gasteiger partial charge in [-0.05, 0) is 68.3 Å². The molecular formula is C21H23N3O3S. The van der Waals surface area contributed by atoms with Crippen molar-refractivity contribution in [2.45, 2.75) is 33.7 Å². The average molecular weight is 398 g/mol. The topological polar surface area (TPSA) is 71.4 Å². The van der Waals surface area contributed by atoms with E-state index < -0.39 is 17.1 Å². The fraction of sp³-hybridized carbons (Fsp3) is 0.286. The zero-order chi connectivity index (χ0) is 20.4.